The number of nitrogens with zero attached hydrogens (tertiary/aromatic N) is 2. The van der Waals surface area contributed by atoms with Gasteiger partial charge in [-0.1, -0.05) is 52.4 Å². The fourth-order valence-electron chi connectivity index (χ4n) is 1.54. The maximum atomic E-state index is 4.12. The lowest BCUT2D eigenvalue weighted by molar-refractivity contribution is 0.865. The third-order valence-electron chi connectivity index (χ3n) is 2.48. The van der Waals surface area contributed by atoms with Crippen LogP contribution in [-0.4, -0.2) is 10.2 Å². The van der Waals surface area contributed by atoms with Gasteiger partial charge in [0.05, 0.1) is 6.04 Å². The summed E-state index contributed by atoms with van der Waals surface area (Å²) < 4.78 is 1.11. The molecule has 2 rings (SSSR count). The number of halogens is 1. The number of hydrogen-bond donors (Lipinski definition) is 1. The second-order valence-electron chi connectivity index (χ2n) is 3.74. The Bertz CT molecular complexity index is 498. The van der Waals surface area contributed by atoms with Crippen molar-refractivity contribution in [1.29, 1.82) is 0 Å². The summed E-state index contributed by atoms with van der Waals surface area (Å²) in [4.78, 5) is 0. The van der Waals surface area contributed by atoms with E-state index in [4.69, 9.17) is 0 Å². The SMILES string of the molecule is CCc1nnc(NC(C)c2ccccc2Br)s1. The molecule has 17 heavy (non-hydrogen) atoms. The van der Waals surface area contributed by atoms with Crippen molar-refractivity contribution in [2.45, 2.75) is 26.3 Å². The molecule has 0 saturated heterocycles. The molecule has 0 aliphatic rings. The van der Waals surface area contributed by atoms with Crippen LogP contribution in [0.25, 0.3) is 0 Å². The first-order chi connectivity index (χ1) is 8.20. The highest BCUT2D eigenvalue weighted by Crippen LogP contribution is 2.27. The molecule has 1 N–H and O–H groups in total. The molecule has 0 bridgehead atoms. The van der Waals surface area contributed by atoms with Crippen molar-refractivity contribution < 1.29 is 0 Å². The van der Waals surface area contributed by atoms with Gasteiger partial charge in [-0.05, 0) is 25.0 Å². The summed E-state index contributed by atoms with van der Waals surface area (Å²) in [7, 11) is 0. The predicted octanol–water partition coefficient (Wildman–Crippen LogP) is 4.04. The number of aromatic nitrogens is 2. The number of anilines is 1. The second-order valence-corrected chi connectivity index (χ2v) is 5.66. The van der Waals surface area contributed by atoms with Crippen LogP contribution >= 0.6 is 27.3 Å². The first-order valence-corrected chi connectivity index (χ1v) is 7.15. The van der Waals surface area contributed by atoms with Crippen LogP contribution in [0.15, 0.2) is 28.7 Å². The van der Waals surface area contributed by atoms with Crippen LogP contribution in [0.3, 0.4) is 0 Å². The lowest BCUT2D eigenvalue weighted by atomic mass is 10.1. The molecule has 0 aliphatic heterocycles. The van der Waals surface area contributed by atoms with E-state index < -0.39 is 0 Å². The Hall–Kier alpha value is -0.940. The molecule has 1 unspecified atom stereocenters. The lowest BCUT2D eigenvalue weighted by Gasteiger charge is -2.14. The Balaban J connectivity index is 2.11. The molecule has 0 saturated carbocycles. The van der Waals surface area contributed by atoms with Gasteiger partial charge in [0.1, 0.15) is 5.01 Å². The Morgan fingerprint density at radius 1 is 1.35 bits per heavy atom. The maximum Gasteiger partial charge on any atom is 0.206 e. The van der Waals surface area contributed by atoms with E-state index in [9.17, 15) is 0 Å². The van der Waals surface area contributed by atoms with Crippen molar-refractivity contribution in [1.82, 2.24) is 10.2 Å². The molecule has 0 amide bonds. The van der Waals surface area contributed by atoms with E-state index in [0.717, 1.165) is 21.0 Å². The molecule has 3 nitrogen and oxygen atoms in total. The second kappa shape index (κ2) is 5.60. The first kappa shape index (κ1) is 12.5. The van der Waals surface area contributed by atoms with Crippen molar-refractivity contribution in [2.75, 3.05) is 5.32 Å². The summed E-state index contributed by atoms with van der Waals surface area (Å²) in [5, 5.41) is 13.5. The third kappa shape index (κ3) is 3.04. The molecule has 90 valence electrons. The van der Waals surface area contributed by atoms with E-state index in [1.165, 1.54) is 5.56 Å². The summed E-state index contributed by atoms with van der Waals surface area (Å²) in [5.41, 5.74) is 1.22. The van der Waals surface area contributed by atoms with Crippen molar-refractivity contribution in [3.8, 4) is 0 Å². The maximum absolute atomic E-state index is 4.12. The van der Waals surface area contributed by atoms with Crippen molar-refractivity contribution in [2.24, 2.45) is 0 Å². The predicted molar refractivity (Wildman–Crippen MR) is 75.5 cm³/mol. The van der Waals surface area contributed by atoms with E-state index in [0.29, 0.717) is 0 Å². The number of benzene rings is 1. The minimum absolute atomic E-state index is 0.211. The zero-order valence-corrected chi connectivity index (χ0v) is 12.2. The average Bonchev–Trinajstić information content (AvgIpc) is 2.77. The van der Waals surface area contributed by atoms with Crippen LogP contribution in [0.2, 0.25) is 0 Å². The Labute approximate surface area is 113 Å². The smallest absolute Gasteiger partial charge is 0.206 e. The quantitative estimate of drug-likeness (QED) is 0.926. The summed E-state index contributed by atoms with van der Waals surface area (Å²) in [6.45, 7) is 4.20. The lowest BCUT2D eigenvalue weighted by Crippen LogP contribution is -2.06. The Kier molecular flexibility index (Phi) is 4.12. The monoisotopic (exact) mass is 311 g/mol. The molecule has 1 aromatic carbocycles. The highest BCUT2D eigenvalue weighted by Gasteiger charge is 2.10. The van der Waals surface area contributed by atoms with Gasteiger partial charge in [0.15, 0.2) is 0 Å². The zero-order chi connectivity index (χ0) is 12.3. The van der Waals surface area contributed by atoms with Crippen molar-refractivity contribution in [3.63, 3.8) is 0 Å². The van der Waals surface area contributed by atoms with E-state index in [1.807, 2.05) is 18.2 Å². The third-order valence-corrected chi connectivity index (χ3v) is 4.20. The molecule has 0 fully saturated rings. The summed E-state index contributed by atoms with van der Waals surface area (Å²) >= 11 is 5.17. The highest BCUT2D eigenvalue weighted by atomic mass is 79.9. The van der Waals surface area contributed by atoms with Gasteiger partial charge >= 0.3 is 0 Å². The van der Waals surface area contributed by atoms with Crippen LogP contribution < -0.4 is 5.32 Å². The van der Waals surface area contributed by atoms with Gasteiger partial charge in [0, 0.05) is 4.47 Å². The molecule has 5 heteroatoms. The normalized spacial score (nSPS) is 12.4. The van der Waals surface area contributed by atoms with Crippen LogP contribution in [0, 0.1) is 0 Å². The van der Waals surface area contributed by atoms with Gasteiger partial charge < -0.3 is 5.32 Å². The van der Waals surface area contributed by atoms with Gasteiger partial charge in [0.2, 0.25) is 5.13 Å². The van der Waals surface area contributed by atoms with Gasteiger partial charge in [-0.2, -0.15) is 0 Å². The van der Waals surface area contributed by atoms with Crippen LogP contribution in [0.1, 0.15) is 30.5 Å². The Morgan fingerprint density at radius 2 is 2.12 bits per heavy atom. The number of aryl methyl sites for hydroxylation is 1. The van der Waals surface area contributed by atoms with Gasteiger partial charge in [-0.3, -0.25) is 0 Å². The number of rotatable bonds is 4. The van der Waals surface area contributed by atoms with Crippen LogP contribution in [-0.2, 0) is 6.42 Å². The minimum atomic E-state index is 0.211. The molecule has 0 spiro atoms. The zero-order valence-electron chi connectivity index (χ0n) is 9.77. The highest BCUT2D eigenvalue weighted by molar-refractivity contribution is 9.10. The molecular weight excluding hydrogens is 298 g/mol. The summed E-state index contributed by atoms with van der Waals surface area (Å²) in [6.07, 6.45) is 0.933. The van der Waals surface area contributed by atoms with Gasteiger partial charge in [-0.15, -0.1) is 10.2 Å². The van der Waals surface area contributed by atoms with E-state index in [-0.39, 0.29) is 6.04 Å². The Morgan fingerprint density at radius 3 is 2.76 bits per heavy atom. The van der Waals surface area contributed by atoms with Crippen molar-refractivity contribution in [3.05, 3.63) is 39.3 Å². The van der Waals surface area contributed by atoms with E-state index in [2.05, 4.69) is 51.4 Å². The molecule has 1 aromatic heterocycles. The van der Waals surface area contributed by atoms with Crippen LogP contribution in [0.5, 0.6) is 0 Å². The summed E-state index contributed by atoms with van der Waals surface area (Å²) in [5.74, 6) is 0. The topological polar surface area (TPSA) is 37.8 Å². The first-order valence-electron chi connectivity index (χ1n) is 5.54. The van der Waals surface area contributed by atoms with E-state index in [1.54, 1.807) is 11.3 Å². The molecular formula is C12H14BrN3S. The fraction of sp³-hybridized carbons (Fsp3) is 0.333. The summed E-state index contributed by atoms with van der Waals surface area (Å²) in [6, 6.07) is 8.41. The number of hydrogen-bond acceptors (Lipinski definition) is 4. The standard InChI is InChI=1S/C12H14BrN3S/c1-3-11-15-16-12(17-11)14-8(2)9-6-4-5-7-10(9)13/h4-8H,3H2,1-2H3,(H,14,16). The van der Waals surface area contributed by atoms with Gasteiger partial charge in [0.25, 0.3) is 0 Å². The van der Waals surface area contributed by atoms with Gasteiger partial charge in [-0.25, -0.2) is 0 Å². The largest absolute Gasteiger partial charge is 0.354 e. The molecule has 1 heterocycles. The number of nitrogens with one attached hydrogen (secondary N) is 1. The van der Waals surface area contributed by atoms with E-state index >= 15 is 0 Å². The molecule has 1 atom stereocenters. The fourth-order valence-corrected chi connectivity index (χ4v) is 2.94. The molecule has 0 aliphatic carbocycles. The molecule has 2 aromatic rings. The average molecular weight is 312 g/mol. The van der Waals surface area contributed by atoms with Crippen molar-refractivity contribution >= 4 is 32.4 Å². The minimum Gasteiger partial charge on any atom is -0.354 e. The van der Waals surface area contributed by atoms with Crippen LogP contribution in [0.4, 0.5) is 5.13 Å². The molecule has 0 radical (unpaired) electrons.